The maximum atomic E-state index is 6.07. The van der Waals surface area contributed by atoms with Gasteiger partial charge in [-0.3, -0.25) is 4.90 Å². The van der Waals surface area contributed by atoms with Crippen LogP contribution >= 0.6 is 0 Å². The Morgan fingerprint density at radius 3 is 2.33 bits per heavy atom. The second-order valence-corrected chi connectivity index (χ2v) is 5.60. The lowest BCUT2D eigenvalue weighted by molar-refractivity contribution is 0.318. The van der Waals surface area contributed by atoms with Gasteiger partial charge in [0, 0.05) is 25.7 Å². The number of ether oxygens (including phenoxy) is 1. The zero-order chi connectivity index (χ0) is 13.3. The van der Waals surface area contributed by atoms with Crippen LogP contribution in [0.15, 0.2) is 12.1 Å². The van der Waals surface area contributed by atoms with Crippen molar-refractivity contribution in [3.8, 4) is 5.75 Å². The van der Waals surface area contributed by atoms with E-state index >= 15 is 0 Å². The SMILES string of the molecule is COc1c(C)cc(CN2CC(C)C(N)C2)cc1C. The molecule has 0 aromatic heterocycles. The summed E-state index contributed by atoms with van der Waals surface area (Å²) in [5.74, 6) is 1.61. The van der Waals surface area contributed by atoms with E-state index in [2.05, 4.69) is 37.8 Å². The average molecular weight is 248 g/mol. The molecule has 18 heavy (non-hydrogen) atoms. The summed E-state index contributed by atoms with van der Waals surface area (Å²) in [5.41, 5.74) is 9.84. The maximum Gasteiger partial charge on any atom is 0.124 e. The number of benzene rings is 1. The van der Waals surface area contributed by atoms with Gasteiger partial charge in [-0.15, -0.1) is 0 Å². The zero-order valence-corrected chi connectivity index (χ0v) is 11.9. The Labute approximate surface area is 110 Å². The molecule has 1 aliphatic heterocycles. The van der Waals surface area contributed by atoms with Crippen molar-refractivity contribution in [3.63, 3.8) is 0 Å². The first kappa shape index (κ1) is 13.4. The highest BCUT2D eigenvalue weighted by Gasteiger charge is 2.26. The predicted molar refractivity (Wildman–Crippen MR) is 74.9 cm³/mol. The molecule has 0 amide bonds. The molecule has 3 nitrogen and oxygen atoms in total. The topological polar surface area (TPSA) is 38.5 Å². The standard InChI is InChI=1S/C15H24N2O/c1-10-5-13(6-11(2)15(10)18-4)8-17-7-12(3)14(16)9-17/h5-6,12,14H,7-9,16H2,1-4H3. The van der Waals surface area contributed by atoms with Crippen molar-refractivity contribution in [1.82, 2.24) is 4.90 Å². The van der Waals surface area contributed by atoms with Crippen molar-refractivity contribution in [2.75, 3.05) is 20.2 Å². The van der Waals surface area contributed by atoms with Crippen LogP contribution in [0.1, 0.15) is 23.6 Å². The van der Waals surface area contributed by atoms with Gasteiger partial charge >= 0.3 is 0 Å². The largest absolute Gasteiger partial charge is 0.496 e. The fraction of sp³-hybridized carbons (Fsp3) is 0.600. The molecule has 2 unspecified atom stereocenters. The van der Waals surface area contributed by atoms with Crippen molar-refractivity contribution in [2.45, 2.75) is 33.4 Å². The summed E-state index contributed by atoms with van der Waals surface area (Å²) in [6.45, 7) is 9.54. The van der Waals surface area contributed by atoms with Crippen molar-refractivity contribution in [3.05, 3.63) is 28.8 Å². The van der Waals surface area contributed by atoms with E-state index in [1.165, 1.54) is 16.7 Å². The normalized spacial score (nSPS) is 24.5. The van der Waals surface area contributed by atoms with Gasteiger partial charge in [0.1, 0.15) is 5.75 Å². The molecule has 2 rings (SSSR count). The molecule has 0 spiro atoms. The number of nitrogens with two attached hydrogens (primary N) is 1. The first-order valence-electron chi connectivity index (χ1n) is 6.63. The third kappa shape index (κ3) is 2.68. The van der Waals surface area contributed by atoms with Gasteiger partial charge in [-0.25, -0.2) is 0 Å². The Morgan fingerprint density at radius 2 is 1.89 bits per heavy atom. The molecule has 2 atom stereocenters. The second kappa shape index (κ2) is 5.29. The Balaban J connectivity index is 2.11. The number of nitrogens with zero attached hydrogens (tertiary/aromatic N) is 1. The minimum atomic E-state index is 0.324. The van der Waals surface area contributed by atoms with E-state index in [4.69, 9.17) is 10.5 Å². The van der Waals surface area contributed by atoms with Gasteiger partial charge in [-0.1, -0.05) is 19.1 Å². The summed E-state index contributed by atoms with van der Waals surface area (Å²) in [6, 6.07) is 4.77. The molecule has 0 radical (unpaired) electrons. The Morgan fingerprint density at radius 1 is 1.28 bits per heavy atom. The van der Waals surface area contributed by atoms with Gasteiger partial charge in [0.2, 0.25) is 0 Å². The molecule has 0 bridgehead atoms. The van der Waals surface area contributed by atoms with E-state index in [9.17, 15) is 0 Å². The number of aryl methyl sites for hydroxylation is 2. The van der Waals surface area contributed by atoms with Crippen LogP contribution in [0.2, 0.25) is 0 Å². The Bertz CT molecular complexity index is 397. The molecule has 2 N–H and O–H groups in total. The molecule has 1 aromatic carbocycles. The van der Waals surface area contributed by atoms with Crippen LogP contribution in [0.25, 0.3) is 0 Å². The Kier molecular flexibility index (Phi) is 3.93. The highest BCUT2D eigenvalue weighted by molar-refractivity contribution is 5.43. The van der Waals surface area contributed by atoms with E-state index < -0.39 is 0 Å². The second-order valence-electron chi connectivity index (χ2n) is 5.60. The monoisotopic (exact) mass is 248 g/mol. The number of hydrogen-bond donors (Lipinski definition) is 1. The molecule has 1 saturated heterocycles. The number of rotatable bonds is 3. The maximum absolute atomic E-state index is 6.07. The van der Waals surface area contributed by atoms with Crippen LogP contribution in [0.4, 0.5) is 0 Å². The van der Waals surface area contributed by atoms with Crippen LogP contribution in [0, 0.1) is 19.8 Å². The first-order chi connectivity index (χ1) is 8.51. The molecule has 3 heteroatoms. The summed E-state index contributed by atoms with van der Waals surface area (Å²) in [6.07, 6.45) is 0. The minimum absolute atomic E-state index is 0.324. The highest BCUT2D eigenvalue weighted by Crippen LogP contribution is 2.26. The van der Waals surface area contributed by atoms with E-state index in [-0.39, 0.29) is 0 Å². The van der Waals surface area contributed by atoms with Gasteiger partial charge in [-0.05, 0) is 36.5 Å². The number of hydrogen-bond acceptors (Lipinski definition) is 3. The van der Waals surface area contributed by atoms with Crippen LogP contribution in [0.3, 0.4) is 0 Å². The quantitative estimate of drug-likeness (QED) is 0.890. The fourth-order valence-corrected chi connectivity index (χ4v) is 2.94. The van der Waals surface area contributed by atoms with Crippen LogP contribution in [0.5, 0.6) is 5.75 Å². The predicted octanol–water partition coefficient (Wildman–Crippen LogP) is 2.09. The number of methoxy groups -OCH3 is 1. The molecule has 0 saturated carbocycles. The summed E-state index contributed by atoms with van der Waals surface area (Å²) in [5, 5.41) is 0. The van der Waals surface area contributed by atoms with Crippen LogP contribution in [-0.2, 0) is 6.54 Å². The molecule has 1 fully saturated rings. The minimum Gasteiger partial charge on any atom is -0.496 e. The molecule has 100 valence electrons. The fourth-order valence-electron chi connectivity index (χ4n) is 2.94. The van der Waals surface area contributed by atoms with E-state index in [1.54, 1.807) is 7.11 Å². The van der Waals surface area contributed by atoms with Crippen molar-refractivity contribution < 1.29 is 4.74 Å². The van der Waals surface area contributed by atoms with Crippen molar-refractivity contribution in [2.24, 2.45) is 11.7 Å². The summed E-state index contributed by atoms with van der Waals surface area (Å²) in [7, 11) is 1.73. The molecule has 1 heterocycles. The van der Waals surface area contributed by atoms with Gasteiger partial charge in [-0.2, -0.15) is 0 Å². The molecular weight excluding hydrogens is 224 g/mol. The van der Waals surface area contributed by atoms with Gasteiger partial charge < -0.3 is 10.5 Å². The highest BCUT2D eigenvalue weighted by atomic mass is 16.5. The third-order valence-corrected chi connectivity index (χ3v) is 3.88. The lowest BCUT2D eigenvalue weighted by Gasteiger charge is -2.17. The molecular formula is C15H24N2O. The Hall–Kier alpha value is -1.06. The van der Waals surface area contributed by atoms with Gasteiger partial charge in [0.25, 0.3) is 0 Å². The number of likely N-dealkylation sites (tertiary alicyclic amines) is 1. The van der Waals surface area contributed by atoms with Crippen LogP contribution in [-0.4, -0.2) is 31.1 Å². The smallest absolute Gasteiger partial charge is 0.124 e. The van der Waals surface area contributed by atoms with Gasteiger partial charge in [0.05, 0.1) is 7.11 Å². The van der Waals surface area contributed by atoms with Crippen molar-refractivity contribution >= 4 is 0 Å². The van der Waals surface area contributed by atoms with E-state index in [1.807, 2.05) is 0 Å². The molecule has 1 aromatic rings. The molecule has 1 aliphatic rings. The van der Waals surface area contributed by atoms with Gasteiger partial charge in [0.15, 0.2) is 0 Å². The first-order valence-corrected chi connectivity index (χ1v) is 6.63. The molecule has 0 aliphatic carbocycles. The zero-order valence-electron chi connectivity index (χ0n) is 11.9. The average Bonchev–Trinajstić information content (AvgIpc) is 2.57. The summed E-state index contributed by atoms with van der Waals surface area (Å²) in [4.78, 5) is 2.44. The van der Waals surface area contributed by atoms with E-state index in [0.29, 0.717) is 12.0 Å². The summed E-state index contributed by atoms with van der Waals surface area (Å²) < 4.78 is 5.40. The van der Waals surface area contributed by atoms with Crippen LogP contribution < -0.4 is 10.5 Å². The van der Waals surface area contributed by atoms with E-state index in [0.717, 1.165) is 25.4 Å². The van der Waals surface area contributed by atoms with Crippen molar-refractivity contribution in [1.29, 1.82) is 0 Å². The summed E-state index contributed by atoms with van der Waals surface area (Å²) >= 11 is 0. The lowest BCUT2D eigenvalue weighted by Crippen LogP contribution is -2.28. The lowest BCUT2D eigenvalue weighted by atomic mass is 10.1. The third-order valence-electron chi connectivity index (χ3n) is 3.88.